The number of anilines is 1. The lowest BCUT2D eigenvalue weighted by Crippen LogP contribution is -2.35. The van der Waals surface area contributed by atoms with E-state index in [1.165, 1.54) is 41.9 Å². The van der Waals surface area contributed by atoms with Crippen molar-refractivity contribution >= 4 is 17.6 Å². The third-order valence-electron chi connectivity index (χ3n) is 6.36. The Hall–Kier alpha value is -3.07. The van der Waals surface area contributed by atoms with Crippen LogP contribution in [0.2, 0.25) is 0 Å². The lowest BCUT2D eigenvalue weighted by molar-refractivity contribution is 0.405. The fraction of sp³-hybridized carbons (Fsp3) is 0.296. The van der Waals surface area contributed by atoms with Crippen LogP contribution in [0.15, 0.2) is 83.9 Å². The summed E-state index contributed by atoms with van der Waals surface area (Å²) in [4.78, 5) is 7.42. The van der Waals surface area contributed by atoms with Crippen LogP contribution in [0.4, 0.5) is 5.82 Å². The third-order valence-corrected chi connectivity index (χ3v) is 6.36. The summed E-state index contributed by atoms with van der Waals surface area (Å²) in [5.41, 5.74) is 4.90. The lowest BCUT2D eigenvalue weighted by atomic mass is 9.93. The molecule has 3 aromatic rings. The summed E-state index contributed by atoms with van der Waals surface area (Å²) in [6.07, 6.45) is 8.33. The van der Waals surface area contributed by atoms with Gasteiger partial charge in [-0.15, -0.1) is 0 Å². The Balaban J connectivity index is 1.23. The van der Waals surface area contributed by atoms with E-state index in [4.69, 9.17) is 4.99 Å². The Kier molecular flexibility index (Phi) is 5.52. The van der Waals surface area contributed by atoms with Crippen molar-refractivity contribution in [1.29, 1.82) is 0 Å². The minimum Gasteiger partial charge on any atom is -0.358 e. The van der Waals surface area contributed by atoms with Gasteiger partial charge >= 0.3 is 0 Å². The average Bonchev–Trinajstić information content (AvgIpc) is 3.25. The first-order chi connectivity index (χ1) is 14.9. The summed E-state index contributed by atoms with van der Waals surface area (Å²) in [6, 6.07) is 25.8. The molecule has 2 aliphatic heterocycles. The SMILES string of the molecule is C(=C\c1ccccc1)/CC1CCN(c2ccc3n2CCN=C3c2ccccc2)CC1. The van der Waals surface area contributed by atoms with Gasteiger partial charge in [0.15, 0.2) is 0 Å². The van der Waals surface area contributed by atoms with E-state index in [1.54, 1.807) is 0 Å². The van der Waals surface area contributed by atoms with Crippen molar-refractivity contribution in [3.05, 3.63) is 95.7 Å². The Morgan fingerprint density at radius 1 is 0.833 bits per heavy atom. The zero-order valence-electron chi connectivity index (χ0n) is 17.5. The topological polar surface area (TPSA) is 20.5 Å². The summed E-state index contributed by atoms with van der Waals surface area (Å²) < 4.78 is 2.48. The smallest absolute Gasteiger partial charge is 0.109 e. The zero-order chi connectivity index (χ0) is 20.2. The Morgan fingerprint density at radius 3 is 2.33 bits per heavy atom. The van der Waals surface area contributed by atoms with Gasteiger partial charge < -0.3 is 9.47 Å². The molecule has 1 fully saturated rings. The minimum absolute atomic E-state index is 0.790. The molecule has 1 aromatic heterocycles. The van der Waals surface area contributed by atoms with Crippen LogP contribution in [-0.2, 0) is 6.54 Å². The summed E-state index contributed by atoms with van der Waals surface area (Å²) in [6.45, 7) is 4.13. The van der Waals surface area contributed by atoms with Crippen LogP contribution in [0.3, 0.4) is 0 Å². The number of aromatic nitrogens is 1. The molecule has 1 saturated heterocycles. The van der Waals surface area contributed by atoms with Crippen molar-refractivity contribution in [2.45, 2.75) is 25.8 Å². The molecular weight excluding hydrogens is 366 g/mol. The molecule has 0 radical (unpaired) electrons. The van der Waals surface area contributed by atoms with Gasteiger partial charge in [0.25, 0.3) is 0 Å². The Labute approximate surface area is 179 Å². The van der Waals surface area contributed by atoms with Crippen LogP contribution in [0.1, 0.15) is 36.1 Å². The summed E-state index contributed by atoms with van der Waals surface area (Å²) in [5, 5.41) is 0. The van der Waals surface area contributed by atoms with E-state index in [2.05, 4.69) is 94.4 Å². The van der Waals surface area contributed by atoms with Gasteiger partial charge in [-0.1, -0.05) is 72.8 Å². The number of aliphatic imine (C=N–C) groups is 1. The molecule has 3 heteroatoms. The summed E-state index contributed by atoms with van der Waals surface area (Å²) >= 11 is 0. The molecule has 5 rings (SSSR count). The molecule has 0 saturated carbocycles. The highest BCUT2D eigenvalue weighted by molar-refractivity contribution is 6.12. The normalized spacial score (nSPS) is 17.2. The highest BCUT2D eigenvalue weighted by Crippen LogP contribution is 2.29. The van der Waals surface area contributed by atoms with E-state index in [0.717, 1.165) is 37.8 Å². The van der Waals surface area contributed by atoms with Crippen molar-refractivity contribution in [2.24, 2.45) is 10.9 Å². The van der Waals surface area contributed by atoms with Crippen molar-refractivity contribution < 1.29 is 0 Å². The fourth-order valence-corrected chi connectivity index (χ4v) is 4.71. The average molecular weight is 396 g/mol. The fourth-order valence-electron chi connectivity index (χ4n) is 4.71. The van der Waals surface area contributed by atoms with E-state index in [1.807, 2.05) is 0 Å². The summed E-state index contributed by atoms with van der Waals surface area (Å²) in [7, 11) is 0. The van der Waals surface area contributed by atoms with E-state index >= 15 is 0 Å². The zero-order valence-corrected chi connectivity index (χ0v) is 17.5. The number of hydrogen-bond acceptors (Lipinski definition) is 2. The number of piperidine rings is 1. The highest BCUT2D eigenvalue weighted by atomic mass is 15.3. The van der Waals surface area contributed by atoms with Crippen molar-refractivity contribution in [3.63, 3.8) is 0 Å². The first-order valence-electron chi connectivity index (χ1n) is 11.1. The molecule has 152 valence electrons. The number of benzene rings is 2. The van der Waals surface area contributed by atoms with Gasteiger partial charge in [-0.2, -0.15) is 0 Å². The van der Waals surface area contributed by atoms with Gasteiger partial charge in [-0.25, -0.2) is 0 Å². The molecule has 0 N–H and O–H groups in total. The summed E-state index contributed by atoms with van der Waals surface area (Å²) in [5.74, 6) is 2.16. The predicted molar refractivity (Wildman–Crippen MR) is 126 cm³/mol. The van der Waals surface area contributed by atoms with Gasteiger partial charge in [0.2, 0.25) is 0 Å². The maximum Gasteiger partial charge on any atom is 0.109 e. The first-order valence-corrected chi connectivity index (χ1v) is 11.1. The molecule has 0 amide bonds. The molecular formula is C27H29N3. The van der Waals surface area contributed by atoms with E-state index in [0.29, 0.717) is 0 Å². The van der Waals surface area contributed by atoms with E-state index in [9.17, 15) is 0 Å². The second kappa shape index (κ2) is 8.74. The van der Waals surface area contributed by atoms with Crippen LogP contribution in [0.25, 0.3) is 6.08 Å². The van der Waals surface area contributed by atoms with E-state index < -0.39 is 0 Å². The monoisotopic (exact) mass is 395 g/mol. The molecule has 0 unspecified atom stereocenters. The van der Waals surface area contributed by atoms with Crippen LogP contribution >= 0.6 is 0 Å². The van der Waals surface area contributed by atoms with Gasteiger partial charge in [0, 0.05) is 25.2 Å². The molecule has 0 atom stereocenters. The first kappa shape index (κ1) is 18.9. The van der Waals surface area contributed by atoms with Crippen molar-refractivity contribution in [3.8, 4) is 0 Å². The van der Waals surface area contributed by atoms with Gasteiger partial charge in [-0.3, -0.25) is 4.99 Å². The molecule has 3 heterocycles. The molecule has 0 bridgehead atoms. The largest absolute Gasteiger partial charge is 0.358 e. The number of fused-ring (bicyclic) bond motifs is 1. The maximum absolute atomic E-state index is 4.84. The number of nitrogens with zero attached hydrogens (tertiary/aromatic N) is 3. The second-order valence-corrected chi connectivity index (χ2v) is 8.30. The molecule has 30 heavy (non-hydrogen) atoms. The molecule has 2 aliphatic rings. The molecule has 3 nitrogen and oxygen atoms in total. The molecule has 2 aromatic carbocycles. The molecule has 0 aliphatic carbocycles. The number of allylic oxidation sites excluding steroid dienone is 1. The Bertz CT molecular complexity index is 1020. The van der Waals surface area contributed by atoms with Crippen LogP contribution in [0, 0.1) is 5.92 Å². The van der Waals surface area contributed by atoms with Crippen LogP contribution < -0.4 is 4.90 Å². The van der Waals surface area contributed by atoms with Gasteiger partial charge in [0.05, 0.1) is 18.0 Å². The van der Waals surface area contributed by atoms with Crippen molar-refractivity contribution in [1.82, 2.24) is 4.57 Å². The van der Waals surface area contributed by atoms with E-state index in [-0.39, 0.29) is 0 Å². The third kappa shape index (κ3) is 3.97. The predicted octanol–water partition coefficient (Wildman–Crippen LogP) is 5.66. The van der Waals surface area contributed by atoms with Crippen LogP contribution in [0.5, 0.6) is 0 Å². The Morgan fingerprint density at radius 2 is 1.57 bits per heavy atom. The standard InChI is InChI=1S/C27H29N3/c1-3-8-22(9-4-1)10-7-11-23-16-19-29(20-17-23)26-15-14-25-27(28-18-21-30(25)26)24-12-5-2-6-13-24/h1-10,12-15,23H,11,16-21H2/b10-7+. The highest BCUT2D eigenvalue weighted by Gasteiger charge is 2.24. The van der Waals surface area contributed by atoms with Gasteiger partial charge in [0.1, 0.15) is 5.82 Å². The second-order valence-electron chi connectivity index (χ2n) is 8.30. The van der Waals surface area contributed by atoms with Crippen LogP contribution in [-0.4, -0.2) is 29.9 Å². The number of hydrogen-bond donors (Lipinski definition) is 0. The van der Waals surface area contributed by atoms with Crippen molar-refractivity contribution in [2.75, 3.05) is 24.5 Å². The minimum atomic E-state index is 0.790. The van der Waals surface area contributed by atoms with Gasteiger partial charge in [-0.05, 0) is 42.9 Å². The molecule has 0 spiro atoms. The maximum atomic E-state index is 4.84. The quantitative estimate of drug-likeness (QED) is 0.546. The lowest BCUT2D eigenvalue weighted by Gasteiger charge is -2.34. The number of rotatable bonds is 5.